The van der Waals surface area contributed by atoms with E-state index in [4.69, 9.17) is 10.4 Å². The molecule has 0 aliphatic heterocycles. The number of carbonyl (C=O) groups is 2. The van der Waals surface area contributed by atoms with Crippen LogP contribution in [0.5, 0.6) is 0 Å². The highest BCUT2D eigenvalue weighted by Crippen LogP contribution is 1.95. The molecule has 5 nitrogen and oxygen atoms in total. The van der Waals surface area contributed by atoms with Crippen molar-refractivity contribution in [3.63, 3.8) is 0 Å². The Morgan fingerprint density at radius 2 is 2.00 bits per heavy atom. The Balaban J connectivity index is 3.88. The lowest BCUT2D eigenvalue weighted by Gasteiger charge is -1.98. The van der Waals surface area contributed by atoms with E-state index in [-0.39, 0.29) is 0 Å². The highest BCUT2D eigenvalue weighted by molar-refractivity contribution is 5.93. The summed E-state index contributed by atoms with van der Waals surface area (Å²) in [7, 11) is 0. The molecule has 0 saturated carbocycles. The predicted octanol–water partition coefficient (Wildman–Crippen LogP) is -0.277. The molecule has 0 heterocycles. The van der Waals surface area contributed by atoms with E-state index in [2.05, 4.69) is 4.89 Å². The molecule has 0 rings (SSSR count). The molecule has 0 aromatic heterocycles. The molecular formula is C4H6O5. The van der Waals surface area contributed by atoms with Crippen molar-refractivity contribution in [1.29, 1.82) is 0 Å². The van der Waals surface area contributed by atoms with Crippen LogP contribution in [0.3, 0.4) is 0 Å². The van der Waals surface area contributed by atoms with Crippen LogP contribution in [-0.4, -0.2) is 22.3 Å². The van der Waals surface area contributed by atoms with Gasteiger partial charge in [0.15, 0.2) is 5.92 Å². The quantitative estimate of drug-likeness (QED) is 0.308. The van der Waals surface area contributed by atoms with Gasteiger partial charge in [-0.2, -0.15) is 5.26 Å². The van der Waals surface area contributed by atoms with E-state index in [0.717, 1.165) is 6.92 Å². The molecule has 2 N–H and O–H groups in total. The fourth-order valence-corrected chi connectivity index (χ4v) is 0.180. The van der Waals surface area contributed by atoms with Gasteiger partial charge >= 0.3 is 11.9 Å². The van der Waals surface area contributed by atoms with Crippen molar-refractivity contribution in [2.24, 2.45) is 5.92 Å². The first-order valence-corrected chi connectivity index (χ1v) is 2.17. The molecule has 1 atom stereocenters. The van der Waals surface area contributed by atoms with Crippen molar-refractivity contribution in [2.45, 2.75) is 6.92 Å². The van der Waals surface area contributed by atoms with Gasteiger partial charge in [0.25, 0.3) is 0 Å². The molecule has 0 aromatic carbocycles. The van der Waals surface area contributed by atoms with E-state index < -0.39 is 17.9 Å². The lowest BCUT2D eigenvalue weighted by molar-refractivity contribution is -0.238. The van der Waals surface area contributed by atoms with Crippen molar-refractivity contribution >= 4 is 11.9 Å². The highest BCUT2D eigenvalue weighted by Gasteiger charge is 2.21. The van der Waals surface area contributed by atoms with Crippen molar-refractivity contribution < 1.29 is 24.8 Å². The lowest BCUT2D eigenvalue weighted by Crippen LogP contribution is -2.21. The summed E-state index contributed by atoms with van der Waals surface area (Å²) in [5, 5.41) is 15.7. The Kier molecular flexibility index (Phi) is 2.66. The zero-order valence-electron chi connectivity index (χ0n) is 4.70. The minimum absolute atomic E-state index is 1.11. The fourth-order valence-electron chi connectivity index (χ4n) is 0.180. The summed E-state index contributed by atoms with van der Waals surface area (Å²) in [6.45, 7) is 1.11. The average Bonchev–Trinajstić information content (AvgIpc) is 1.84. The Hall–Kier alpha value is -1.10. The normalized spacial score (nSPS) is 12.2. The second-order valence-corrected chi connectivity index (χ2v) is 1.47. The second kappa shape index (κ2) is 3.03. The summed E-state index contributed by atoms with van der Waals surface area (Å²) < 4.78 is 0. The molecule has 0 fully saturated rings. The van der Waals surface area contributed by atoms with Gasteiger partial charge in [0, 0.05) is 0 Å². The third-order valence-corrected chi connectivity index (χ3v) is 0.814. The van der Waals surface area contributed by atoms with Crippen molar-refractivity contribution in [3.05, 3.63) is 0 Å². The maximum Gasteiger partial charge on any atom is 0.355 e. The Bertz CT molecular complexity index is 129. The van der Waals surface area contributed by atoms with E-state index in [1.807, 2.05) is 0 Å². The first-order valence-electron chi connectivity index (χ1n) is 2.17. The van der Waals surface area contributed by atoms with Crippen LogP contribution in [0, 0.1) is 5.92 Å². The highest BCUT2D eigenvalue weighted by atomic mass is 17.1. The third-order valence-electron chi connectivity index (χ3n) is 0.814. The van der Waals surface area contributed by atoms with Crippen LogP contribution in [0.4, 0.5) is 0 Å². The molecule has 0 aliphatic rings. The molecule has 0 saturated heterocycles. The molecule has 0 aromatic rings. The van der Waals surface area contributed by atoms with Gasteiger partial charge < -0.3 is 9.99 Å². The van der Waals surface area contributed by atoms with E-state index in [0.29, 0.717) is 0 Å². The van der Waals surface area contributed by atoms with Gasteiger partial charge in [-0.25, -0.2) is 4.79 Å². The summed E-state index contributed by atoms with van der Waals surface area (Å²) in [5.41, 5.74) is 0. The minimum atomic E-state index is -1.32. The zero-order chi connectivity index (χ0) is 7.44. The van der Waals surface area contributed by atoms with Crippen LogP contribution in [0.2, 0.25) is 0 Å². The number of carbonyl (C=O) groups excluding carboxylic acids is 1. The zero-order valence-corrected chi connectivity index (χ0v) is 4.70. The van der Waals surface area contributed by atoms with Gasteiger partial charge in [0.2, 0.25) is 0 Å². The maximum absolute atomic E-state index is 10.1. The molecule has 52 valence electrons. The molecule has 5 heteroatoms. The van der Waals surface area contributed by atoms with Crippen molar-refractivity contribution in [3.8, 4) is 0 Å². The summed E-state index contributed by atoms with van der Waals surface area (Å²) >= 11 is 0. The molecule has 0 spiro atoms. The summed E-state index contributed by atoms with van der Waals surface area (Å²) in [4.78, 5) is 23.1. The molecule has 0 radical (unpaired) electrons. The van der Waals surface area contributed by atoms with Gasteiger partial charge in [0.1, 0.15) is 0 Å². The predicted molar refractivity (Wildman–Crippen MR) is 25.5 cm³/mol. The number of hydrogen-bond acceptors (Lipinski definition) is 4. The molecule has 0 bridgehead atoms. The van der Waals surface area contributed by atoms with Crippen LogP contribution in [0.25, 0.3) is 0 Å². The first-order chi connectivity index (χ1) is 4.09. The monoisotopic (exact) mass is 134 g/mol. The maximum atomic E-state index is 10.1. The lowest BCUT2D eigenvalue weighted by atomic mass is 10.2. The second-order valence-electron chi connectivity index (χ2n) is 1.47. The third kappa shape index (κ3) is 2.09. The van der Waals surface area contributed by atoms with Crippen molar-refractivity contribution in [2.75, 3.05) is 0 Å². The Morgan fingerprint density at radius 3 is 2.11 bits per heavy atom. The minimum Gasteiger partial charge on any atom is -0.481 e. The van der Waals surface area contributed by atoms with E-state index >= 15 is 0 Å². The number of rotatable bonds is 2. The van der Waals surface area contributed by atoms with Crippen LogP contribution >= 0.6 is 0 Å². The number of aliphatic carboxylic acids is 1. The number of carboxylic acids is 1. The van der Waals surface area contributed by atoms with E-state index in [1.54, 1.807) is 0 Å². The Labute approximate surface area is 50.8 Å². The number of hydrogen-bond donors (Lipinski definition) is 2. The van der Waals surface area contributed by atoms with Crippen LogP contribution < -0.4 is 0 Å². The first kappa shape index (κ1) is 7.90. The standard InChI is InChI=1S/C4H6O5/c1-2(3(5)6)4(7)9-8/h2,8H,1H3,(H,5,6). The molecule has 0 aliphatic carbocycles. The van der Waals surface area contributed by atoms with Crippen molar-refractivity contribution in [1.82, 2.24) is 0 Å². The van der Waals surface area contributed by atoms with Crippen LogP contribution in [0.15, 0.2) is 0 Å². The van der Waals surface area contributed by atoms with Gasteiger partial charge in [-0.15, -0.1) is 0 Å². The van der Waals surface area contributed by atoms with E-state index in [1.165, 1.54) is 0 Å². The summed E-state index contributed by atoms with van der Waals surface area (Å²) in [5.74, 6) is -3.80. The van der Waals surface area contributed by atoms with Crippen LogP contribution in [0.1, 0.15) is 6.92 Å². The van der Waals surface area contributed by atoms with E-state index in [9.17, 15) is 9.59 Å². The molecule has 0 amide bonds. The fraction of sp³-hybridized carbons (Fsp3) is 0.500. The molecule has 9 heavy (non-hydrogen) atoms. The van der Waals surface area contributed by atoms with Gasteiger partial charge in [-0.3, -0.25) is 4.79 Å². The topological polar surface area (TPSA) is 83.8 Å². The largest absolute Gasteiger partial charge is 0.481 e. The van der Waals surface area contributed by atoms with Gasteiger partial charge in [-0.1, -0.05) is 0 Å². The smallest absolute Gasteiger partial charge is 0.355 e. The van der Waals surface area contributed by atoms with Gasteiger partial charge in [0.05, 0.1) is 0 Å². The molecule has 1 unspecified atom stereocenters. The van der Waals surface area contributed by atoms with Crippen LogP contribution in [-0.2, 0) is 14.5 Å². The SMILES string of the molecule is CC(C(=O)O)C(=O)OO. The van der Waals surface area contributed by atoms with Gasteiger partial charge in [-0.05, 0) is 6.92 Å². The average molecular weight is 134 g/mol. The summed E-state index contributed by atoms with van der Waals surface area (Å²) in [6.07, 6.45) is 0. The summed E-state index contributed by atoms with van der Waals surface area (Å²) in [6, 6.07) is 0. The Morgan fingerprint density at radius 1 is 1.56 bits per heavy atom. The number of carboxylic acid groups (broad SMARTS) is 1. The molecular weight excluding hydrogens is 128 g/mol.